The molecule has 0 radical (unpaired) electrons. The first-order valence-corrected chi connectivity index (χ1v) is 7.43. The van der Waals surface area contributed by atoms with Crippen LogP contribution in [0.4, 0.5) is 5.69 Å². The van der Waals surface area contributed by atoms with Crippen molar-refractivity contribution in [3.8, 4) is 0 Å². The van der Waals surface area contributed by atoms with Crippen LogP contribution in [0.3, 0.4) is 0 Å². The summed E-state index contributed by atoms with van der Waals surface area (Å²) in [6, 6.07) is 13.6. The first-order chi connectivity index (χ1) is 10.2. The van der Waals surface area contributed by atoms with Crippen molar-refractivity contribution in [1.29, 1.82) is 0 Å². The number of benzene rings is 2. The van der Waals surface area contributed by atoms with Crippen LogP contribution < -0.4 is 5.32 Å². The fourth-order valence-electron chi connectivity index (χ4n) is 2.39. The normalized spacial score (nSPS) is 10.8. The van der Waals surface area contributed by atoms with E-state index >= 15 is 0 Å². The highest BCUT2D eigenvalue weighted by molar-refractivity contribution is 6.35. The minimum atomic E-state index is 0.618. The van der Waals surface area contributed by atoms with Gasteiger partial charge in [0, 0.05) is 23.2 Å². The van der Waals surface area contributed by atoms with E-state index in [1.165, 1.54) is 0 Å². The summed E-state index contributed by atoms with van der Waals surface area (Å²) >= 11 is 12.6. The lowest BCUT2D eigenvalue weighted by atomic mass is 10.1. The average molecular weight is 317 g/mol. The highest BCUT2D eigenvalue weighted by Gasteiger charge is 2.10. The lowest BCUT2D eigenvalue weighted by Crippen LogP contribution is -2.02. The standard InChI is InChI=1S/C17H14Cl2N2/c1-11-9-15(19)17(13-6-4-8-20-16(11)13)21-10-12-5-2-3-7-14(12)18/h2-9,21H,10H2,1H3. The zero-order valence-corrected chi connectivity index (χ0v) is 13.0. The Hall–Kier alpha value is -1.77. The minimum absolute atomic E-state index is 0.618. The lowest BCUT2D eigenvalue weighted by Gasteiger charge is -2.14. The largest absolute Gasteiger partial charge is 0.379 e. The molecule has 0 bridgehead atoms. The molecule has 1 aromatic heterocycles. The number of hydrogen-bond acceptors (Lipinski definition) is 2. The van der Waals surface area contributed by atoms with Gasteiger partial charge in [-0.1, -0.05) is 41.4 Å². The molecule has 3 aromatic rings. The van der Waals surface area contributed by atoms with Crippen molar-refractivity contribution < 1.29 is 0 Å². The molecule has 0 spiro atoms. The number of aromatic nitrogens is 1. The van der Waals surface area contributed by atoms with Crippen molar-refractivity contribution in [2.75, 3.05) is 5.32 Å². The van der Waals surface area contributed by atoms with Crippen molar-refractivity contribution in [2.24, 2.45) is 0 Å². The Bertz CT molecular complexity index is 800. The van der Waals surface area contributed by atoms with Crippen LogP contribution in [0, 0.1) is 6.92 Å². The maximum absolute atomic E-state index is 6.39. The molecule has 1 N–H and O–H groups in total. The van der Waals surface area contributed by atoms with E-state index in [-0.39, 0.29) is 0 Å². The molecule has 0 aliphatic carbocycles. The van der Waals surface area contributed by atoms with Gasteiger partial charge in [0.25, 0.3) is 0 Å². The van der Waals surface area contributed by atoms with E-state index in [0.717, 1.165) is 32.7 Å². The number of nitrogens with one attached hydrogen (secondary N) is 1. The zero-order valence-electron chi connectivity index (χ0n) is 11.5. The Labute approximate surface area is 133 Å². The predicted octanol–water partition coefficient (Wildman–Crippen LogP) is 5.46. The number of rotatable bonds is 3. The van der Waals surface area contributed by atoms with Crippen LogP contribution in [-0.2, 0) is 6.54 Å². The monoisotopic (exact) mass is 316 g/mol. The van der Waals surface area contributed by atoms with Gasteiger partial charge in [0.1, 0.15) is 0 Å². The molecule has 0 fully saturated rings. The third kappa shape index (κ3) is 2.82. The molecule has 0 amide bonds. The van der Waals surface area contributed by atoms with Gasteiger partial charge < -0.3 is 5.32 Å². The maximum Gasteiger partial charge on any atom is 0.0752 e. The number of fused-ring (bicyclic) bond motifs is 1. The lowest BCUT2D eigenvalue weighted by molar-refractivity contribution is 1.15. The van der Waals surface area contributed by atoms with Crippen LogP contribution in [0.2, 0.25) is 10.0 Å². The molecule has 0 saturated carbocycles. The number of pyridine rings is 1. The number of hydrogen-bond donors (Lipinski definition) is 1. The van der Waals surface area contributed by atoms with Gasteiger partial charge in [-0.25, -0.2) is 0 Å². The fraction of sp³-hybridized carbons (Fsp3) is 0.118. The Morgan fingerprint density at radius 3 is 2.67 bits per heavy atom. The molecule has 21 heavy (non-hydrogen) atoms. The molecule has 0 aliphatic rings. The van der Waals surface area contributed by atoms with Crippen LogP contribution in [0.25, 0.3) is 10.9 Å². The SMILES string of the molecule is Cc1cc(Cl)c(NCc2ccccc2Cl)c2cccnc12. The Morgan fingerprint density at radius 1 is 1.05 bits per heavy atom. The van der Waals surface area contributed by atoms with Crippen molar-refractivity contribution >= 4 is 39.8 Å². The van der Waals surface area contributed by atoms with Crippen LogP contribution >= 0.6 is 23.2 Å². The van der Waals surface area contributed by atoms with Crippen molar-refractivity contribution in [3.63, 3.8) is 0 Å². The molecular weight excluding hydrogens is 303 g/mol. The van der Waals surface area contributed by atoms with Gasteiger partial charge in [0.2, 0.25) is 0 Å². The van der Waals surface area contributed by atoms with Crippen LogP contribution in [0.15, 0.2) is 48.7 Å². The highest BCUT2D eigenvalue weighted by Crippen LogP contribution is 2.33. The van der Waals surface area contributed by atoms with Gasteiger partial charge in [0.15, 0.2) is 0 Å². The van der Waals surface area contributed by atoms with E-state index < -0.39 is 0 Å². The zero-order chi connectivity index (χ0) is 14.8. The second-order valence-electron chi connectivity index (χ2n) is 4.89. The number of aryl methyl sites for hydroxylation is 1. The Kier molecular flexibility index (Phi) is 4.00. The molecule has 0 atom stereocenters. The second-order valence-corrected chi connectivity index (χ2v) is 5.71. The van der Waals surface area contributed by atoms with E-state index in [1.54, 1.807) is 6.20 Å². The molecule has 2 aromatic carbocycles. The quantitative estimate of drug-likeness (QED) is 0.693. The predicted molar refractivity (Wildman–Crippen MR) is 90.3 cm³/mol. The van der Waals surface area contributed by atoms with E-state index in [9.17, 15) is 0 Å². The summed E-state index contributed by atoms with van der Waals surface area (Å²) in [5, 5.41) is 5.85. The first kappa shape index (κ1) is 14.2. The smallest absolute Gasteiger partial charge is 0.0752 e. The number of nitrogens with zero attached hydrogens (tertiary/aromatic N) is 1. The summed E-state index contributed by atoms with van der Waals surface area (Å²) < 4.78 is 0. The van der Waals surface area contributed by atoms with E-state index in [0.29, 0.717) is 11.6 Å². The number of halogens is 2. The Morgan fingerprint density at radius 2 is 1.86 bits per heavy atom. The average Bonchev–Trinajstić information content (AvgIpc) is 2.49. The van der Waals surface area contributed by atoms with Gasteiger partial charge in [0.05, 0.1) is 16.2 Å². The fourth-order valence-corrected chi connectivity index (χ4v) is 2.92. The van der Waals surface area contributed by atoms with Crippen molar-refractivity contribution in [2.45, 2.75) is 13.5 Å². The Balaban J connectivity index is 1.99. The maximum atomic E-state index is 6.39. The van der Waals surface area contributed by atoms with Gasteiger partial charge in [-0.15, -0.1) is 0 Å². The second kappa shape index (κ2) is 5.92. The molecule has 1 heterocycles. The molecule has 2 nitrogen and oxygen atoms in total. The molecule has 106 valence electrons. The highest BCUT2D eigenvalue weighted by atomic mass is 35.5. The topological polar surface area (TPSA) is 24.9 Å². The summed E-state index contributed by atoms with van der Waals surface area (Å²) in [7, 11) is 0. The summed E-state index contributed by atoms with van der Waals surface area (Å²) in [5.74, 6) is 0. The summed E-state index contributed by atoms with van der Waals surface area (Å²) in [4.78, 5) is 4.43. The summed E-state index contributed by atoms with van der Waals surface area (Å²) in [6.07, 6.45) is 1.79. The van der Waals surface area contributed by atoms with E-state index in [1.807, 2.05) is 49.4 Å². The van der Waals surface area contributed by atoms with Crippen LogP contribution in [-0.4, -0.2) is 4.98 Å². The molecule has 3 rings (SSSR count). The van der Waals surface area contributed by atoms with Crippen LogP contribution in [0.1, 0.15) is 11.1 Å². The number of anilines is 1. The van der Waals surface area contributed by atoms with Crippen molar-refractivity contribution in [1.82, 2.24) is 4.98 Å². The third-order valence-electron chi connectivity index (χ3n) is 3.45. The molecule has 4 heteroatoms. The minimum Gasteiger partial charge on any atom is -0.379 e. The third-order valence-corrected chi connectivity index (χ3v) is 4.11. The van der Waals surface area contributed by atoms with Crippen LogP contribution in [0.5, 0.6) is 0 Å². The van der Waals surface area contributed by atoms with Gasteiger partial charge in [-0.05, 0) is 42.3 Å². The summed E-state index contributed by atoms with van der Waals surface area (Å²) in [5.41, 5.74) is 3.96. The van der Waals surface area contributed by atoms with Crippen molar-refractivity contribution in [3.05, 3.63) is 69.8 Å². The van der Waals surface area contributed by atoms with E-state index in [2.05, 4.69) is 10.3 Å². The molecular formula is C17H14Cl2N2. The molecule has 0 unspecified atom stereocenters. The molecule has 0 saturated heterocycles. The van der Waals surface area contributed by atoms with E-state index in [4.69, 9.17) is 23.2 Å². The van der Waals surface area contributed by atoms with Gasteiger partial charge in [-0.2, -0.15) is 0 Å². The summed E-state index contributed by atoms with van der Waals surface area (Å²) in [6.45, 7) is 2.63. The molecule has 0 aliphatic heterocycles. The van der Waals surface area contributed by atoms with Gasteiger partial charge >= 0.3 is 0 Å². The van der Waals surface area contributed by atoms with Gasteiger partial charge in [-0.3, -0.25) is 4.98 Å². The first-order valence-electron chi connectivity index (χ1n) is 6.68.